The molecule has 1 aliphatic carbocycles. The average Bonchev–Trinajstić information content (AvgIpc) is 2.86. The van der Waals surface area contributed by atoms with E-state index >= 15 is 0 Å². The zero-order valence-corrected chi connectivity index (χ0v) is 11.6. The second kappa shape index (κ2) is 5.75. The first-order chi connectivity index (χ1) is 8.65. The first kappa shape index (κ1) is 13.4. The molecule has 0 amide bonds. The summed E-state index contributed by atoms with van der Waals surface area (Å²) in [6.07, 6.45) is 5.03. The molecule has 1 aromatic carbocycles. The summed E-state index contributed by atoms with van der Waals surface area (Å²) in [6.45, 7) is 5.93. The van der Waals surface area contributed by atoms with Gasteiger partial charge in [-0.25, -0.2) is 0 Å². The van der Waals surface area contributed by atoms with Gasteiger partial charge in [0.25, 0.3) is 0 Å². The molecular weight excluding hydrogens is 222 g/mol. The van der Waals surface area contributed by atoms with Crippen LogP contribution in [0.1, 0.15) is 51.0 Å². The van der Waals surface area contributed by atoms with Crippen LogP contribution in [0.25, 0.3) is 0 Å². The molecule has 1 fully saturated rings. The Labute approximate surface area is 111 Å². The summed E-state index contributed by atoms with van der Waals surface area (Å²) in [7, 11) is 0. The molecule has 0 saturated heterocycles. The minimum absolute atomic E-state index is 0.230. The summed E-state index contributed by atoms with van der Waals surface area (Å²) in [4.78, 5) is 0. The van der Waals surface area contributed by atoms with Crippen LogP contribution in [-0.2, 0) is 0 Å². The number of ether oxygens (including phenoxy) is 1. The Morgan fingerprint density at radius 1 is 1.28 bits per heavy atom. The van der Waals surface area contributed by atoms with Crippen molar-refractivity contribution in [3.63, 3.8) is 0 Å². The predicted molar refractivity (Wildman–Crippen MR) is 76.0 cm³/mol. The van der Waals surface area contributed by atoms with E-state index in [9.17, 15) is 0 Å². The highest BCUT2D eigenvalue weighted by molar-refractivity contribution is 5.30. The molecule has 2 nitrogen and oxygen atoms in total. The minimum atomic E-state index is 0.230. The predicted octanol–water partition coefficient (Wildman–Crippen LogP) is 3.71. The van der Waals surface area contributed by atoms with Gasteiger partial charge in [-0.05, 0) is 36.5 Å². The molecule has 2 heteroatoms. The lowest BCUT2D eigenvalue weighted by Crippen LogP contribution is -2.33. The lowest BCUT2D eigenvalue weighted by Gasteiger charge is -2.27. The summed E-state index contributed by atoms with van der Waals surface area (Å²) in [5, 5.41) is 0. The van der Waals surface area contributed by atoms with E-state index in [1.165, 1.54) is 31.2 Å². The zero-order chi connectivity index (χ0) is 13.0. The zero-order valence-electron chi connectivity index (χ0n) is 11.6. The SMILES string of the molecule is CC(C)c1cccc(OCC2(CN)CCCC2)c1. The molecule has 0 bridgehead atoms. The van der Waals surface area contributed by atoms with Crippen molar-refractivity contribution < 1.29 is 4.74 Å². The number of rotatable bonds is 5. The van der Waals surface area contributed by atoms with Crippen LogP contribution in [0.15, 0.2) is 24.3 Å². The quantitative estimate of drug-likeness (QED) is 0.861. The fourth-order valence-electron chi connectivity index (χ4n) is 2.73. The third-order valence-corrected chi connectivity index (χ3v) is 4.17. The third kappa shape index (κ3) is 3.05. The number of benzene rings is 1. The van der Waals surface area contributed by atoms with Crippen LogP contribution in [-0.4, -0.2) is 13.2 Å². The molecule has 2 N–H and O–H groups in total. The monoisotopic (exact) mass is 247 g/mol. The summed E-state index contributed by atoms with van der Waals surface area (Å²) in [5.41, 5.74) is 7.50. The van der Waals surface area contributed by atoms with Gasteiger partial charge < -0.3 is 10.5 Å². The normalized spacial score (nSPS) is 18.2. The fourth-order valence-corrected chi connectivity index (χ4v) is 2.73. The standard InChI is InChI=1S/C16H25NO/c1-13(2)14-6-5-7-15(10-14)18-12-16(11-17)8-3-4-9-16/h5-7,10,13H,3-4,8-9,11-12,17H2,1-2H3. The first-order valence-electron chi connectivity index (χ1n) is 7.08. The van der Waals surface area contributed by atoms with Crippen molar-refractivity contribution in [2.24, 2.45) is 11.1 Å². The summed E-state index contributed by atoms with van der Waals surface area (Å²) < 4.78 is 5.99. The first-order valence-corrected chi connectivity index (χ1v) is 7.08. The molecule has 1 aromatic rings. The Bertz CT molecular complexity index is 380. The highest BCUT2D eigenvalue weighted by atomic mass is 16.5. The van der Waals surface area contributed by atoms with E-state index in [4.69, 9.17) is 10.5 Å². The number of nitrogens with two attached hydrogens (primary N) is 1. The Kier molecular flexibility index (Phi) is 4.28. The van der Waals surface area contributed by atoms with Crippen molar-refractivity contribution in [2.45, 2.75) is 45.4 Å². The van der Waals surface area contributed by atoms with E-state index in [0.717, 1.165) is 18.9 Å². The van der Waals surface area contributed by atoms with Gasteiger partial charge in [0, 0.05) is 12.0 Å². The lowest BCUT2D eigenvalue weighted by atomic mass is 9.87. The van der Waals surface area contributed by atoms with Crippen LogP contribution in [0.3, 0.4) is 0 Å². The van der Waals surface area contributed by atoms with Crippen LogP contribution >= 0.6 is 0 Å². The van der Waals surface area contributed by atoms with Crippen molar-refractivity contribution in [2.75, 3.05) is 13.2 Å². The maximum Gasteiger partial charge on any atom is 0.119 e. The molecule has 0 spiro atoms. The molecule has 0 heterocycles. The van der Waals surface area contributed by atoms with Gasteiger partial charge in [-0.3, -0.25) is 0 Å². The Morgan fingerprint density at radius 3 is 2.61 bits per heavy atom. The van der Waals surface area contributed by atoms with Crippen molar-refractivity contribution >= 4 is 0 Å². The Balaban J connectivity index is 1.99. The van der Waals surface area contributed by atoms with Crippen LogP contribution in [0.4, 0.5) is 0 Å². The molecule has 0 unspecified atom stereocenters. The van der Waals surface area contributed by atoms with Crippen molar-refractivity contribution in [3.05, 3.63) is 29.8 Å². The molecular formula is C16H25NO. The molecule has 0 radical (unpaired) electrons. The van der Waals surface area contributed by atoms with Crippen LogP contribution in [0.2, 0.25) is 0 Å². The van der Waals surface area contributed by atoms with E-state index in [0.29, 0.717) is 5.92 Å². The van der Waals surface area contributed by atoms with Crippen molar-refractivity contribution in [3.8, 4) is 5.75 Å². The molecule has 2 rings (SSSR count). The molecule has 1 aliphatic rings. The van der Waals surface area contributed by atoms with E-state index in [2.05, 4.69) is 32.0 Å². The molecule has 18 heavy (non-hydrogen) atoms. The maximum atomic E-state index is 5.99. The lowest BCUT2D eigenvalue weighted by molar-refractivity contribution is 0.157. The number of hydrogen-bond acceptors (Lipinski definition) is 2. The minimum Gasteiger partial charge on any atom is -0.493 e. The Morgan fingerprint density at radius 2 is 2.00 bits per heavy atom. The smallest absolute Gasteiger partial charge is 0.119 e. The van der Waals surface area contributed by atoms with E-state index < -0.39 is 0 Å². The van der Waals surface area contributed by atoms with Crippen LogP contribution in [0, 0.1) is 5.41 Å². The molecule has 0 aromatic heterocycles. The van der Waals surface area contributed by atoms with Gasteiger partial charge in [-0.2, -0.15) is 0 Å². The summed E-state index contributed by atoms with van der Waals surface area (Å²) >= 11 is 0. The van der Waals surface area contributed by atoms with Crippen LogP contribution in [0.5, 0.6) is 5.75 Å². The van der Waals surface area contributed by atoms with Gasteiger partial charge in [0.2, 0.25) is 0 Å². The fraction of sp³-hybridized carbons (Fsp3) is 0.625. The topological polar surface area (TPSA) is 35.2 Å². The summed E-state index contributed by atoms with van der Waals surface area (Å²) in [5.74, 6) is 1.53. The van der Waals surface area contributed by atoms with Gasteiger partial charge in [0.1, 0.15) is 5.75 Å². The van der Waals surface area contributed by atoms with Crippen LogP contribution < -0.4 is 10.5 Å². The van der Waals surface area contributed by atoms with Crippen molar-refractivity contribution in [1.82, 2.24) is 0 Å². The molecule has 0 atom stereocenters. The van der Waals surface area contributed by atoms with E-state index in [-0.39, 0.29) is 5.41 Å². The largest absolute Gasteiger partial charge is 0.493 e. The molecule has 100 valence electrons. The van der Waals surface area contributed by atoms with Crippen molar-refractivity contribution in [1.29, 1.82) is 0 Å². The summed E-state index contributed by atoms with van der Waals surface area (Å²) in [6, 6.07) is 8.44. The second-order valence-electron chi connectivity index (χ2n) is 5.93. The Hall–Kier alpha value is -1.02. The van der Waals surface area contributed by atoms with Gasteiger partial charge in [-0.1, -0.05) is 38.8 Å². The van der Waals surface area contributed by atoms with Gasteiger partial charge in [-0.15, -0.1) is 0 Å². The van der Waals surface area contributed by atoms with Gasteiger partial charge in [0.05, 0.1) is 6.61 Å². The molecule has 0 aliphatic heterocycles. The maximum absolute atomic E-state index is 5.99. The number of hydrogen-bond donors (Lipinski definition) is 1. The van der Waals surface area contributed by atoms with E-state index in [1.807, 2.05) is 6.07 Å². The van der Waals surface area contributed by atoms with E-state index in [1.54, 1.807) is 0 Å². The van der Waals surface area contributed by atoms with Gasteiger partial charge in [0.15, 0.2) is 0 Å². The second-order valence-corrected chi connectivity index (χ2v) is 5.93. The average molecular weight is 247 g/mol. The highest BCUT2D eigenvalue weighted by Crippen LogP contribution is 2.37. The molecule has 1 saturated carbocycles. The van der Waals surface area contributed by atoms with Gasteiger partial charge >= 0.3 is 0 Å². The highest BCUT2D eigenvalue weighted by Gasteiger charge is 2.33. The third-order valence-electron chi connectivity index (χ3n) is 4.17.